The van der Waals surface area contributed by atoms with Gasteiger partial charge in [-0.2, -0.15) is 4.98 Å². The number of carbonyl (C=O) groups excluding carboxylic acids is 2. The van der Waals surface area contributed by atoms with Crippen molar-refractivity contribution in [3.05, 3.63) is 22.7 Å². The predicted octanol–water partition coefficient (Wildman–Crippen LogP) is -0.962. The Kier molecular flexibility index (Phi) is 5.52. The number of carbonyl (C=O) groups is 2. The molecule has 0 aliphatic carbocycles. The Morgan fingerprint density at radius 2 is 2.12 bits per heavy atom. The maximum atomic E-state index is 12.1. The molecule has 10 nitrogen and oxygen atoms in total. The van der Waals surface area contributed by atoms with E-state index in [1.54, 1.807) is 7.05 Å². The minimum Gasteiger partial charge on any atom is -0.463 e. The van der Waals surface area contributed by atoms with E-state index in [1.807, 2.05) is 0 Å². The Hall–Kier alpha value is -2.46. The molecule has 1 aliphatic heterocycles. The summed E-state index contributed by atoms with van der Waals surface area (Å²) in [6.07, 6.45) is -3.04. The zero-order valence-electron chi connectivity index (χ0n) is 13.5. The number of aliphatic hydroxyl groups is 1. The van der Waals surface area contributed by atoms with Crippen molar-refractivity contribution < 1.29 is 28.9 Å². The van der Waals surface area contributed by atoms with Crippen LogP contribution in [-0.4, -0.2) is 58.6 Å². The Morgan fingerprint density at radius 1 is 1.42 bits per heavy atom. The fourth-order valence-corrected chi connectivity index (χ4v) is 2.37. The summed E-state index contributed by atoms with van der Waals surface area (Å²) in [4.78, 5) is 38.0. The number of nitrogens with zero attached hydrogens (tertiary/aromatic N) is 2. The number of aliphatic hydroxyl groups excluding tert-OH is 1. The molecule has 0 unspecified atom stereocenters. The van der Waals surface area contributed by atoms with Crippen LogP contribution in [0.1, 0.15) is 20.1 Å². The van der Waals surface area contributed by atoms with Crippen molar-refractivity contribution >= 4 is 17.8 Å². The molecule has 0 saturated carbocycles. The molecule has 132 valence electrons. The monoisotopic (exact) mass is 341 g/mol. The molecule has 2 N–H and O–H groups in total. The van der Waals surface area contributed by atoms with Crippen LogP contribution in [0.4, 0.5) is 5.82 Å². The molecule has 2 rings (SSSR count). The highest BCUT2D eigenvalue weighted by atomic mass is 16.6. The fourth-order valence-electron chi connectivity index (χ4n) is 2.37. The highest BCUT2D eigenvalue weighted by Gasteiger charge is 2.47. The van der Waals surface area contributed by atoms with Crippen LogP contribution >= 0.6 is 0 Å². The lowest BCUT2D eigenvalue weighted by Crippen LogP contribution is -2.39. The SMILES string of the molecule is CNc1ccn([C@@H]2O[C@H](COC(C)=O)[C@@H](OC(C)=O)[C@@H]2O)c(=O)n1. The molecule has 2 heterocycles. The number of hydrogen-bond acceptors (Lipinski definition) is 9. The van der Waals surface area contributed by atoms with E-state index in [1.165, 1.54) is 26.1 Å². The molecule has 1 saturated heterocycles. The van der Waals surface area contributed by atoms with Crippen molar-refractivity contribution in [1.29, 1.82) is 0 Å². The van der Waals surface area contributed by atoms with Gasteiger partial charge >= 0.3 is 17.6 Å². The van der Waals surface area contributed by atoms with Gasteiger partial charge in [0.15, 0.2) is 12.3 Å². The van der Waals surface area contributed by atoms with Gasteiger partial charge in [0.25, 0.3) is 0 Å². The topological polar surface area (TPSA) is 129 Å². The van der Waals surface area contributed by atoms with Gasteiger partial charge in [0.2, 0.25) is 0 Å². The van der Waals surface area contributed by atoms with Crippen LogP contribution in [0.2, 0.25) is 0 Å². The second-order valence-corrected chi connectivity index (χ2v) is 5.18. The summed E-state index contributed by atoms with van der Waals surface area (Å²) in [5.74, 6) is -0.820. The van der Waals surface area contributed by atoms with E-state index in [2.05, 4.69) is 10.3 Å². The molecule has 0 spiro atoms. The van der Waals surface area contributed by atoms with Gasteiger partial charge in [-0.1, -0.05) is 0 Å². The van der Waals surface area contributed by atoms with E-state index in [0.29, 0.717) is 5.82 Å². The fraction of sp³-hybridized carbons (Fsp3) is 0.571. The van der Waals surface area contributed by atoms with Crippen molar-refractivity contribution in [2.24, 2.45) is 0 Å². The molecule has 1 aliphatic rings. The zero-order valence-corrected chi connectivity index (χ0v) is 13.5. The van der Waals surface area contributed by atoms with Crippen LogP contribution < -0.4 is 11.0 Å². The molecule has 10 heteroatoms. The first-order valence-corrected chi connectivity index (χ1v) is 7.24. The van der Waals surface area contributed by atoms with Crippen molar-refractivity contribution in [2.75, 3.05) is 19.0 Å². The van der Waals surface area contributed by atoms with Gasteiger partial charge < -0.3 is 24.6 Å². The van der Waals surface area contributed by atoms with Crippen molar-refractivity contribution in [2.45, 2.75) is 38.4 Å². The predicted molar refractivity (Wildman–Crippen MR) is 80.1 cm³/mol. The highest BCUT2D eigenvalue weighted by molar-refractivity contribution is 5.66. The maximum Gasteiger partial charge on any atom is 0.351 e. The maximum absolute atomic E-state index is 12.1. The second kappa shape index (κ2) is 7.41. The Labute approximate surface area is 137 Å². The van der Waals surface area contributed by atoms with Crippen LogP contribution in [0.3, 0.4) is 0 Å². The molecular weight excluding hydrogens is 322 g/mol. The van der Waals surface area contributed by atoms with E-state index >= 15 is 0 Å². The highest BCUT2D eigenvalue weighted by Crippen LogP contribution is 2.31. The van der Waals surface area contributed by atoms with Gasteiger partial charge in [-0.25, -0.2) is 4.79 Å². The van der Waals surface area contributed by atoms with Gasteiger partial charge in [-0.3, -0.25) is 14.2 Å². The van der Waals surface area contributed by atoms with Gasteiger partial charge in [-0.05, 0) is 6.07 Å². The van der Waals surface area contributed by atoms with E-state index in [-0.39, 0.29) is 6.61 Å². The number of esters is 2. The summed E-state index contributed by atoms with van der Waals surface area (Å²) in [6.45, 7) is 2.17. The molecular formula is C14H19N3O7. The van der Waals surface area contributed by atoms with Crippen molar-refractivity contribution in [3.8, 4) is 0 Å². The van der Waals surface area contributed by atoms with E-state index in [9.17, 15) is 19.5 Å². The van der Waals surface area contributed by atoms with Crippen LogP contribution in [-0.2, 0) is 23.8 Å². The smallest absolute Gasteiger partial charge is 0.351 e. The van der Waals surface area contributed by atoms with E-state index in [0.717, 1.165) is 4.57 Å². The third kappa shape index (κ3) is 3.89. The van der Waals surface area contributed by atoms with Gasteiger partial charge in [-0.15, -0.1) is 0 Å². The summed E-state index contributed by atoms with van der Waals surface area (Å²) in [5, 5.41) is 13.1. The van der Waals surface area contributed by atoms with Crippen LogP contribution in [0.15, 0.2) is 17.1 Å². The van der Waals surface area contributed by atoms with Crippen LogP contribution in [0, 0.1) is 0 Å². The first-order valence-electron chi connectivity index (χ1n) is 7.24. The molecule has 1 aromatic rings. The van der Waals surface area contributed by atoms with Gasteiger partial charge in [0.05, 0.1) is 0 Å². The summed E-state index contributed by atoms with van der Waals surface area (Å²) in [7, 11) is 1.61. The van der Waals surface area contributed by atoms with Gasteiger partial charge in [0.1, 0.15) is 24.6 Å². The standard InChI is InChI=1S/C14H19N3O7/c1-7(18)22-6-9-12(23-8(2)19)11(20)13(24-9)17-5-4-10(15-3)16-14(17)21/h4-5,9,11-13,20H,6H2,1-3H3,(H,15,16,21)/t9-,11+,12-,13-/m1/s1. The second-order valence-electron chi connectivity index (χ2n) is 5.18. The zero-order chi connectivity index (χ0) is 17.9. The summed E-state index contributed by atoms with van der Waals surface area (Å²) in [5.41, 5.74) is -0.652. The quantitative estimate of drug-likeness (QED) is 0.650. The van der Waals surface area contributed by atoms with Crippen LogP contribution in [0.5, 0.6) is 0 Å². The first kappa shape index (κ1) is 17.9. The molecule has 0 bridgehead atoms. The van der Waals surface area contributed by atoms with Gasteiger partial charge in [0, 0.05) is 27.1 Å². The van der Waals surface area contributed by atoms with Crippen molar-refractivity contribution in [3.63, 3.8) is 0 Å². The molecule has 24 heavy (non-hydrogen) atoms. The minimum atomic E-state index is -1.32. The molecule has 1 aromatic heterocycles. The summed E-state index contributed by atoms with van der Waals surface area (Å²) >= 11 is 0. The molecule has 0 aromatic carbocycles. The minimum absolute atomic E-state index is 0.225. The molecule has 0 amide bonds. The first-order chi connectivity index (χ1) is 11.3. The third-order valence-corrected chi connectivity index (χ3v) is 3.42. The number of ether oxygens (including phenoxy) is 3. The third-order valence-electron chi connectivity index (χ3n) is 3.42. The van der Waals surface area contributed by atoms with E-state index < -0.39 is 42.2 Å². The Bertz CT molecular complexity index is 675. The van der Waals surface area contributed by atoms with Crippen LogP contribution in [0.25, 0.3) is 0 Å². The van der Waals surface area contributed by atoms with E-state index in [4.69, 9.17) is 14.2 Å². The largest absolute Gasteiger partial charge is 0.463 e. The Balaban J connectivity index is 2.26. The summed E-state index contributed by atoms with van der Waals surface area (Å²) < 4.78 is 16.6. The number of nitrogens with one attached hydrogen (secondary N) is 1. The number of aromatic nitrogens is 2. The lowest BCUT2D eigenvalue weighted by atomic mass is 10.1. The number of rotatable bonds is 5. The molecule has 0 radical (unpaired) electrons. The number of anilines is 1. The lowest BCUT2D eigenvalue weighted by Gasteiger charge is -2.19. The molecule has 1 fully saturated rings. The van der Waals surface area contributed by atoms with Crippen molar-refractivity contribution in [1.82, 2.24) is 9.55 Å². The molecule has 4 atom stereocenters. The Morgan fingerprint density at radius 3 is 2.67 bits per heavy atom. The number of hydrogen-bond donors (Lipinski definition) is 2. The average molecular weight is 341 g/mol. The average Bonchev–Trinajstić information content (AvgIpc) is 2.81. The lowest BCUT2D eigenvalue weighted by molar-refractivity contribution is -0.157. The summed E-state index contributed by atoms with van der Waals surface area (Å²) in [6, 6.07) is 1.53. The normalized spacial score (nSPS) is 26.0.